The summed E-state index contributed by atoms with van der Waals surface area (Å²) < 4.78 is 5.72. The van der Waals surface area contributed by atoms with Crippen molar-refractivity contribution in [2.24, 2.45) is 0 Å². The van der Waals surface area contributed by atoms with Gasteiger partial charge in [0.1, 0.15) is 12.4 Å². The molecule has 6 heteroatoms. The van der Waals surface area contributed by atoms with E-state index < -0.39 is 0 Å². The van der Waals surface area contributed by atoms with Gasteiger partial charge < -0.3 is 15.0 Å². The quantitative estimate of drug-likeness (QED) is 0.835. The van der Waals surface area contributed by atoms with E-state index in [1.54, 1.807) is 23.3 Å². The maximum atomic E-state index is 12.1. The smallest absolute Gasteiger partial charge is 0.317 e. The van der Waals surface area contributed by atoms with E-state index in [2.05, 4.69) is 10.3 Å². The van der Waals surface area contributed by atoms with Crippen LogP contribution in [-0.2, 0) is 6.54 Å². The summed E-state index contributed by atoms with van der Waals surface area (Å²) in [4.78, 5) is 18.3. The summed E-state index contributed by atoms with van der Waals surface area (Å²) in [5.74, 6) is 1.53. The Morgan fingerprint density at radius 2 is 2.21 bits per heavy atom. The van der Waals surface area contributed by atoms with Crippen LogP contribution < -0.4 is 10.1 Å². The Morgan fingerprint density at radius 3 is 2.96 bits per heavy atom. The van der Waals surface area contributed by atoms with Crippen LogP contribution in [0.4, 0.5) is 4.79 Å². The number of nitrogens with one attached hydrogen (secondary N) is 1. The molecule has 24 heavy (non-hydrogen) atoms. The van der Waals surface area contributed by atoms with Crippen LogP contribution in [0.1, 0.15) is 35.0 Å². The second-order valence-corrected chi connectivity index (χ2v) is 7.04. The monoisotopic (exact) mass is 345 g/mol. The third-order valence-electron chi connectivity index (χ3n) is 4.04. The molecule has 0 bridgehead atoms. The first-order valence-electron chi connectivity index (χ1n) is 8.25. The highest BCUT2D eigenvalue weighted by Gasteiger charge is 2.26. The Morgan fingerprint density at radius 1 is 1.42 bits per heavy atom. The molecule has 1 aromatic carbocycles. The van der Waals surface area contributed by atoms with Crippen molar-refractivity contribution in [3.05, 3.63) is 45.9 Å². The van der Waals surface area contributed by atoms with Gasteiger partial charge in [0.2, 0.25) is 0 Å². The van der Waals surface area contributed by atoms with E-state index in [1.807, 2.05) is 36.6 Å². The van der Waals surface area contributed by atoms with Gasteiger partial charge in [-0.15, -0.1) is 11.3 Å². The van der Waals surface area contributed by atoms with E-state index in [1.165, 1.54) is 17.8 Å². The van der Waals surface area contributed by atoms with E-state index in [9.17, 15) is 4.79 Å². The number of hydrogen-bond donors (Lipinski definition) is 1. The summed E-state index contributed by atoms with van der Waals surface area (Å²) in [7, 11) is 1.77. The van der Waals surface area contributed by atoms with E-state index >= 15 is 0 Å². The number of thiazole rings is 1. The molecule has 0 atom stereocenters. The third-order valence-corrected chi connectivity index (χ3v) is 5.10. The Balaban J connectivity index is 1.38. The minimum atomic E-state index is -0.107. The van der Waals surface area contributed by atoms with Gasteiger partial charge in [-0.3, -0.25) is 0 Å². The summed E-state index contributed by atoms with van der Waals surface area (Å²) in [6, 6.07) is 7.77. The van der Waals surface area contributed by atoms with E-state index in [4.69, 9.17) is 4.74 Å². The molecular weight excluding hydrogens is 322 g/mol. The number of ether oxygens (including phenoxy) is 1. The van der Waals surface area contributed by atoms with Crippen molar-refractivity contribution in [3.8, 4) is 5.75 Å². The number of benzene rings is 1. The lowest BCUT2D eigenvalue weighted by Crippen LogP contribution is -2.39. The fourth-order valence-electron chi connectivity index (χ4n) is 2.34. The van der Waals surface area contributed by atoms with Gasteiger partial charge in [0.25, 0.3) is 0 Å². The van der Waals surface area contributed by atoms with Crippen molar-refractivity contribution >= 4 is 17.4 Å². The molecule has 0 spiro atoms. The second kappa shape index (κ2) is 7.66. The van der Waals surface area contributed by atoms with Crippen LogP contribution in [0, 0.1) is 6.92 Å². The maximum Gasteiger partial charge on any atom is 0.317 e. The Kier molecular flexibility index (Phi) is 5.35. The number of likely N-dealkylation sites (N-methyl/N-ethyl adjacent to an activating group) is 1. The number of aromatic nitrogens is 1. The molecule has 1 aliphatic rings. The van der Waals surface area contributed by atoms with Crippen LogP contribution in [0.15, 0.2) is 29.6 Å². The van der Waals surface area contributed by atoms with Gasteiger partial charge in [0.15, 0.2) is 0 Å². The van der Waals surface area contributed by atoms with Gasteiger partial charge in [-0.2, -0.15) is 0 Å². The van der Waals surface area contributed by atoms with Crippen molar-refractivity contribution in [1.29, 1.82) is 0 Å². The Hall–Kier alpha value is -2.08. The highest BCUT2D eigenvalue weighted by atomic mass is 32.1. The lowest BCUT2D eigenvalue weighted by Gasteiger charge is -2.18. The molecular formula is C18H23N3O2S. The SMILES string of the molecule is Cc1ccccc1OCCN(C)C(=O)NCc1csc(C2CC2)n1. The van der Waals surface area contributed by atoms with Gasteiger partial charge >= 0.3 is 6.03 Å². The summed E-state index contributed by atoms with van der Waals surface area (Å²) in [6.45, 7) is 3.49. The Labute approximate surface area is 146 Å². The van der Waals surface area contributed by atoms with Crippen molar-refractivity contribution in [2.75, 3.05) is 20.2 Å². The number of aryl methyl sites for hydroxylation is 1. The molecule has 3 rings (SSSR count). The van der Waals surface area contributed by atoms with Crippen molar-refractivity contribution in [3.63, 3.8) is 0 Å². The van der Waals surface area contributed by atoms with E-state index in [0.29, 0.717) is 25.6 Å². The molecule has 1 saturated carbocycles. The molecule has 1 fully saturated rings. The minimum Gasteiger partial charge on any atom is -0.491 e. The van der Waals surface area contributed by atoms with Gasteiger partial charge in [-0.25, -0.2) is 9.78 Å². The molecule has 128 valence electrons. The van der Waals surface area contributed by atoms with Gasteiger partial charge in [0.05, 0.1) is 23.8 Å². The molecule has 0 unspecified atom stereocenters. The van der Waals surface area contributed by atoms with Crippen LogP contribution >= 0.6 is 11.3 Å². The molecule has 0 saturated heterocycles. The van der Waals surface area contributed by atoms with E-state index in [-0.39, 0.29) is 6.03 Å². The fourth-order valence-corrected chi connectivity index (χ4v) is 3.33. The molecule has 1 aliphatic carbocycles. The van der Waals surface area contributed by atoms with E-state index in [0.717, 1.165) is 17.0 Å². The maximum absolute atomic E-state index is 12.1. The summed E-state index contributed by atoms with van der Waals surface area (Å²) >= 11 is 1.70. The molecule has 1 N–H and O–H groups in total. The summed E-state index contributed by atoms with van der Waals surface area (Å²) in [5, 5.41) is 6.15. The zero-order chi connectivity index (χ0) is 16.9. The zero-order valence-corrected chi connectivity index (χ0v) is 14.9. The number of urea groups is 1. The molecule has 0 radical (unpaired) electrons. The molecule has 5 nitrogen and oxygen atoms in total. The standard InChI is InChI=1S/C18H23N3O2S/c1-13-5-3-4-6-16(13)23-10-9-21(2)18(22)19-11-15-12-24-17(20-15)14-7-8-14/h3-6,12,14H,7-11H2,1-2H3,(H,19,22). The van der Waals surface area contributed by atoms with Crippen LogP contribution in [0.2, 0.25) is 0 Å². The van der Waals surface area contributed by atoms with Crippen molar-refractivity contribution in [2.45, 2.75) is 32.2 Å². The molecule has 1 aromatic heterocycles. The number of nitrogens with zero attached hydrogens (tertiary/aromatic N) is 2. The third kappa shape index (κ3) is 4.47. The first kappa shape index (κ1) is 16.8. The molecule has 2 amide bonds. The van der Waals surface area contributed by atoms with Crippen LogP contribution in [0.3, 0.4) is 0 Å². The molecule has 1 heterocycles. The van der Waals surface area contributed by atoms with Gasteiger partial charge in [-0.1, -0.05) is 18.2 Å². The first-order chi connectivity index (χ1) is 11.6. The predicted molar refractivity (Wildman–Crippen MR) is 95.6 cm³/mol. The largest absolute Gasteiger partial charge is 0.491 e. The second-order valence-electron chi connectivity index (χ2n) is 6.15. The number of amides is 2. The highest BCUT2D eigenvalue weighted by molar-refractivity contribution is 7.09. The van der Waals surface area contributed by atoms with Crippen LogP contribution in [0.25, 0.3) is 0 Å². The number of carbonyl (C=O) groups is 1. The zero-order valence-electron chi connectivity index (χ0n) is 14.1. The summed E-state index contributed by atoms with van der Waals surface area (Å²) in [5.41, 5.74) is 2.04. The first-order valence-corrected chi connectivity index (χ1v) is 9.13. The lowest BCUT2D eigenvalue weighted by molar-refractivity contribution is 0.194. The lowest BCUT2D eigenvalue weighted by atomic mass is 10.2. The topological polar surface area (TPSA) is 54.5 Å². The Bertz CT molecular complexity index is 697. The van der Waals surface area contributed by atoms with Gasteiger partial charge in [-0.05, 0) is 31.4 Å². The number of carbonyl (C=O) groups excluding carboxylic acids is 1. The molecule has 2 aromatic rings. The average Bonchev–Trinajstić information content (AvgIpc) is 3.33. The fraction of sp³-hybridized carbons (Fsp3) is 0.444. The predicted octanol–water partition coefficient (Wildman–Crippen LogP) is 3.55. The summed E-state index contributed by atoms with van der Waals surface area (Å²) in [6.07, 6.45) is 2.51. The highest BCUT2D eigenvalue weighted by Crippen LogP contribution is 2.41. The van der Waals surface area contributed by atoms with Crippen LogP contribution in [0.5, 0.6) is 5.75 Å². The average molecular weight is 345 g/mol. The number of rotatable bonds is 7. The van der Waals surface area contributed by atoms with Crippen LogP contribution in [-0.4, -0.2) is 36.1 Å². The van der Waals surface area contributed by atoms with Crippen molar-refractivity contribution in [1.82, 2.24) is 15.2 Å². The van der Waals surface area contributed by atoms with Crippen molar-refractivity contribution < 1.29 is 9.53 Å². The number of hydrogen-bond acceptors (Lipinski definition) is 4. The normalized spacial score (nSPS) is 13.6. The molecule has 0 aliphatic heterocycles. The van der Waals surface area contributed by atoms with Gasteiger partial charge in [0, 0.05) is 18.3 Å². The minimum absolute atomic E-state index is 0.107. The number of para-hydroxylation sites is 1.